The van der Waals surface area contributed by atoms with Crippen LogP contribution in [-0.4, -0.2) is 12.9 Å². The number of nitrogens with zero attached hydrogens (tertiary/aromatic N) is 1. The minimum absolute atomic E-state index is 0.0459. The molecule has 1 atom stereocenters. The number of hydrogen-bond acceptors (Lipinski definition) is 2. The normalized spacial score (nSPS) is 33.1. The van der Waals surface area contributed by atoms with E-state index in [0.717, 1.165) is 18.2 Å². The third-order valence-corrected chi connectivity index (χ3v) is 3.47. The molecule has 1 aliphatic carbocycles. The highest BCUT2D eigenvalue weighted by atomic mass is 16.5. The van der Waals surface area contributed by atoms with E-state index >= 15 is 0 Å². The fourth-order valence-electron chi connectivity index (χ4n) is 2.53. The van der Waals surface area contributed by atoms with Gasteiger partial charge in [0.1, 0.15) is 5.76 Å². The average molecular weight is 193 g/mol. The molecule has 0 aromatic rings. The van der Waals surface area contributed by atoms with Gasteiger partial charge in [-0.05, 0) is 38.2 Å². The zero-order valence-corrected chi connectivity index (χ0v) is 9.55. The van der Waals surface area contributed by atoms with Crippen LogP contribution in [-0.2, 0) is 4.74 Å². The van der Waals surface area contributed by atoms with Gasteiger partial charge in [-0.15, -0.1) is 0 Å². The second-order valence-corrected chi connectivity index (χ2v) is 5.01. The highest BCUT2D eigenvalue weighted by Gasteiger charge is 2.42. The Morgan fingerprint density at radius 3 is 2.79 bits per heavy atom. The van der Waals surface area contributed by atoms with Gasteiger partial charge < -0.3 is 4.74 Å². The predicted octanol–water partition coefficient (Wildman–Crippen LogP) is 3.15. The Morgan fingerprint density at radius 1 is 1.43 bits per heavy atom. The molecular formula is C12H19NO. The number of allylic oxidation sites excluding steroid dienone is 1. The highest BCUT2D eigenvalue weighted by molar-refractivity contribution is 5.88. The van der Waals surface area contributed by atoms with Crippen molar-refractivity contribution < 1.29 is 4.74 Å². The minimum atomic E-state index is 0.0459. The topological polar surface area (TPSA) is 21.6 Å². The van der Waals surface area contributed by atoms with Gasteiger partial charge in [0.15, 0.2) is 5.90 Å². The summed E-state index contributed by atoms with van der Waals surface area (Å²) in [6.07, 6.45) is 3.57. The van der Waals surface area contributed by atoms with Gasteiger partial charge in [-0.1, -0.05) is 6.92 Å². The lowest BCUT2D eigenvalue weighted by atomic mass is 9.77. The van der Waals surface area contributed by atoms with Crippen LogP contribution in [0.4, 0.5) is 0 Å². The molecule has 1 aliphatic heterocycles. The molecule has 1 heterocycles. The first-order valence-corrected chi connectivity index (χ1v) is 5.43. The van der Waals surface area contributed by atoms with Crippen LogP contribution in [0, 0.1) is 11.3 Å². The molecular weight excluding hydrogens is 174 g/mol. The van der Waals surface area contributed by atoms with Crippen LogP contribution in [0.5, 0.6) is 0 Å². The van der Waals surface area contributed by atoms with E-state index in [9.17, 15) is 0 Å². The van der Waals surface area contributed by atoms with Crippen molar-refractivity contribution in [2.75, 3.05) is 7.05 Å². The van der Waals surface area contributed by atoms with Crippen LogP contribution in [0.3, 0.4) is 0 Å². The quantitative estimate of drug-likeness (QED) is 0.579. The Balaban J connectivity index is 2.34. The molecule has 0 spiro atoms. The van der Waals surface area contributed by atoms with E-state index in [1.165, 1.54) is 24.2 Å². The molecule has 0 radical (unpaired) electrons. The summed E-state index contributed by atoms with van der Waals surface area (Å²) in [5.74, 6) is 2.87. The van der Waals surface area contributed by atoms with Crippen LogP contribution in [0.15, 0.2) is 16.3 Å². The molecule has 2 heteroatoms. The molecule has 2 aliphatic rings. The van der Waals surface area contributed by atoms with E-state index in [1.807, 2.05) is 7.05 Å². The van der Waals surface area contributed by atoms with Gasteiger partial charge in [0.2, 0.25) is 0 Å². The molecule has 2 nitrogen and oxygen atoms in total. The summed E-state index contributed by atoms with van der Waals surface area (Å²) in [5.41, 5.74) is 1.53. The van der Waals surface area contributed by atoms with Crippen molar-refractivity contribution in [1.29, 1.82) is 0 Å². The van der Waals surface area contributed by atoms with Crippen molar-refractivity contribution in [3.63, 3.8) is 0 Å². The minimum Gasteiger partial charge on any atom is -0.447 e. The van der Waals surface area contributed by atoms with Gasteiger partial charge in [0, 0.05) is 13.5 Å². The van der Waals surface area contributed by atoms with Crippen molar-refractivity contribution >= 4 is 5.90 Å². The van der Waals surface area contributed by atoms with Crippen molar-refractivity contribution in [3.05, 3.63) is 11.3 Å². The van der Waals surface area contributed by atoms with E-state index in [0.29, 0.717) is 0 Å². The smallest absolute Gasteiger partial charge is 0.199 e. The molecule has 0 fully saturated rings. The molecule has 78 valence electrons. The zero-order chi connectivity index (χ0) is 10.3. The number of hydrogen-bond donors (Lipinski definition) is 0. The molecule has 14 heavy (non-hydrogen) atoms. The Morgan fingerprint density at radius 2 is 2.14 bits per heavy atom. The second kappa shape index (κ2) is 3.11. The number of ether oxygens (including phenoxy) is 1. The second-order valence-electron chi connectivity index (χ2n) is 5.01. The summed E-state index contributed by atoms with van der Waals surface area (Å²) >= 11 is 0. The fraction of sp³-hybridized carbons (Fsp3) is 0.750. The third kappa shape index (κ3) is 1.28. The number of aliphatic imine (C=N–C) groups is 1. The Hall–Kier alpha value is -0.790. The van der Waals surface area contributed by atoms with Crippen molar-refractivity contribution in [1.82, 2.24) is 0 Å². The fourth-order valence-corrected chi connectivity index (χ4v) is 2.53. The molecule has 0 saturated carbocycles. The van der Waals surface area contributed by atoms with Crippen molar-refractivity contribution in [2.24, 2.45) is 16.3 Å². The van der Waals surface area contributed by atoms with Gasteiger partial charge >= 0.3 is 0 Å². The molecule has 1 unspecified atom stereocenters. The lowest BCUT2D eigenvalue weighted by molar-refractivity contribution is 0.347. The monoisotopic (exact) mass is 193 g/mol. The van der Waals surface area contributed by atoms with Crippen LogP contribution < -0.4 is 0 Å². The van der Waals surface area contributed by atoms with Gasteiger partial charge in [0.25, 0.3) is 0 Å². The molecule has 0 N–H and O–H groups in total. The first-order chi connectivity index (χ1) is 6.55. The summed E-state index contributed by atoms with van der Waals surface area (Å²) in [6.45, 7) is 6.72. The lowest BCUT2D eigenvalue weighted by Crippen LogP contribution is -2.22. The SMILES string of the molecule is CN=C1OC2=C(CCC(C)C2)C1(C)C. The average Bonchev–Trinajstić information content (AvgIpc) is 2.37. The van der Waals surface area contributed by atoms with Gasteiger partial charge in [-0.3, -0.25) is 4.99 Å². The van der Waals surface area contributed by atoms with Crippen molar-refractivity contribution in [2.45, 2.75) is 40.0 Å². The highest BCUT2D eigenvalue weighted by Crippen LogP contribution is 2.46. The maximum atomic E-state index is 5.83. The molecule has 0 saturated heterocycles. The van der Waals surface area contributed by atoms with Gasteiger partial charge in [-0.25, -0.2) is 0 Å². The Labute approximate surface area is 86.1 Å². The summed E-state index contributed by atoms with van der Waals surface area (Å²) < 4.78 is 5.83. The molecule has 2 rings (SSSR count). The molecule has 0 bridgehead atoms. The van der Waals surface area contributed by atoms with Gasteiger partial charge in [0.05, 0.1) is 5.41 Å². The summed E-state index contributed by atoms with van der Waals surface area (Å²) in [6, 6.07) is 0. The first kappa shape index (κ1) is 9.75. The Bertz CT molecular complexity index is 312. The maximum absolute atomic E-state index is 5.83. The van der Waals surface area contributed by atoms with E-state index in [-0.39, 0.29) is 5.41 Å². The molecule has 0 aromatic carbocycles. The van der Waals surface area contributed by atoms with Crippen LogP contribution in [0.2, 0.25) is 0 Å². The summed E-state index contributed by atoms with van der Waals surface area (Å²) in [5, 5.41) is 0. The first-order valence-electron chi connectivity index (χ1n) is 5.43. The molecule has 0 amide bonds. The van der Waals surface area contributed by atoms with Crippen LogP contribution in [0.25, 0.3) is 0 Å². The van der Waals surface area contributed by atoms with E-state index in [1.54, 1.807) is 0 Å². The van der Waals surface area contributed by atoms with Crippen LogP contribution in [0.1, 0.15) is 40.0 Å². The lowest BCUT2D eigenvalue weighted by Gasteiger charge is -2.24. The summed E-state index contributed by atoms with van der Waals surface area (Å²) in [7, 11) is 1.82. The largest absolute Gasteiger partial charge is 0.447 e. The standard InChI is InChI=1S/C12H19NO/c1-8-5-6-9-10(7-8)14-11(13-4)12(9,2)3/h8H,5-7H2,1-4H3. The van der Waals surface area contributed by atoms with E-state index < -0.39 is 0 Å². The van der Waals surface area contributed by atoms with Gasteiger partial charge in [-0.2, -0.15) is 0 Å². The van der Waals surface area contributed by atoms with E-state index in [2.05, 4.69) is 25.8 Å². The van der Waals surface area contributed by atoms with E-state index in [4.69, 9.17) is 4.74 Å². The summed E-state index contributed by atoms with van der Waals surface area (Å²) in [4.78, 5) is 4.24. The predicted molar refractivity (Wildman–Crippen MR) is 58.3 cm³/mol. The van der Waals surface area contributed by atoms with Crippen LogP contribution >= 0.6 is 0 Å². The zero-order valence-electron chi connectivity index (χ0n) is 9.55. The maximum Gasteiger partial charge on any atom is 0.199 e. The number of rotatable bonds is 0. The Kier molecular flexibility index (Phi) is 2.17. The third-order valence-electron chi connectivity index (χ3n) is 3.47. The van der Waals surface area contributed by atoms with Crippen molar-refractivity contribution in [3.8, 4) is 0 Å². The molecule has 0 aromatic heterocycles.